The molecule has 4 fully saturated rings. The topological polar surface area (TPSA) is 71.4 Å². The van der Waals surface area contributed by atoms with E-state index in [9.17, 15) is 19.5 Å². The van der Waals surface area contributed by atoms with Gasteiger partial charge in [0.2, 0.25) is 0 Å². The normalized spacial score (nSPS) is 52.8. The maximum absolute atomic E-state index is 12.4. The van der Waals surface area contributed by atoms with Crippen LogP contribution in [-0.2, 0) is 14.4 Å². The predicted molar refractivity (Wildman–Crippen MR) is 83.5 cm³/mol. The second kappa shape index (κ2) is 4.75. The van der Waals surface area contributed by atoms with Gasteiger partial charge in [0, 0.05) is 24.7 Å². The molecule has 1 unspecified atom stereocenters. The van der Waals surface area contributed by atoms with Crippen LogP contribution in [0, 0.1) is 34.5 Å². The van der Waals surface area contributed by atoms with Gasteiger partial charge in [-0.15, -0.1) is 0 Å². The van der Waals surface area contributed by atoms with Gasteiger partial charge in [-0.05, 0) is 54.8 Å². The molecule has 0 amide bonds. The molecule has 4 rings (SSSR count). The van der Waals surface area contributed by atoms with Gasteiger partial charge in [-0.3, -0.25) is 14.4 Å². The third-order valence-electron chi connectivity index (χ3n) is 8.08. The number of Topliss-reactive ketones (excluding diaryl/α,β-unsaturated/α-hetero) is 3. The lowest BCUT2D eigenvalue weighted by Crippen LogP contribution is -2.59. The largest absolute Gasteiger partial charge is 0.393 e. The fourth-order valence-corrected chi connectivity index (χ4v) is 6.75. The summed E-state index contributed by atoms with van der Waals surface area (Å²) in [6.07, 6.45) is 4.11. The van der Waals surface area contributed by atoms with Crippen LogP contribution in [0.1, 0.15) is 58.8 Å². The molecule has 23 heavy (non-hydrogen) atoms. The van der Waals surface area contributed by atoms with Gasteiger partial charge in [0.25, 0.3) is 0 Å². The van der Waals surface area contributed by atoms with Gasteiger partial charge in [0.05, 0.1) is 6.10 Å². The maximum Gasteiger partial charge on any atom is 0.198 e. The molecule has 4 nitrogen and oxygen atoms in total. The first-order valence-corrected chi connectivity index (χ1v) is 9.05. The Morgan fingerprint density at radius 2 is 1.74 bits per heavy atom. The first kappa shape index (κ1) is 15.5. The minimum absolute atomic E-state index is 0.0876. The molecule has 7 atom stereocenters. The van der Waals surface area contributed by atoms with Crippen molar-refractivity contribution in [3.63, 3.8) is 0 Å². The zero-order chi connectivity index (χ0) is 16.6. The number of aliphatic hydroxyl groups excluding tert-OH is 1. The van der Waals surface area contributed by atoms with Crippen molar-refractivity contribution in [2.45, 2.75) is 64.9 Å². The summed E-state index contributed by atoms with van der Waals surface area (Å²) in [5, 5.41) is 10.7. The van der Waals surface area contributed by atoms with Crippen LogP contribution in [0.2, 0.25) is 0 Å². The molecule has 0 aromatic rings. The van der Waals surface area contributed by atoms with E-state index < -0.39 is 6.10 Å². The van der Waals surface area contributed by atoms with E-state index in [-0.39, 0.29) is 41.2 Å². The lowest BCUT2D eigenvalue weighted by molar-refractivity contribution is -0.171. The summed E-state index contributed by atoms with van der Waals surface area (Å²) in [6, 6.07) is 0. The van der Waals surface area contributed by atoms with Crippen LogP contribution in [0.3, 0.4) is 0 Å². The van der Waals surface area contributed by atoms with E-state index in [0.29, 0.717) is 36.4 Å². The Morgan fingerprint density at radius 1 is 1.00 bits per heavy atom. The number of fused-ring (bicyclic) bond motifs is 5. The van der Waals surface area contributed by atoms with Crippen molar-refractivity contribution in [2.75, 3.05) is 0 Å². The maximum atomic E-state index is 12.4. The summed E-state index contributed by atoms with van der Waals surface area (Å²) >= 11 is 0. The Hall–Kier alpha value is -1.03. The van der Waals surface area contributed by atoms with Gasteiger partial charge in [0.15, 0.2) is 11.6 Å². The van der Waals surface area contributed by atoms with Crippen molar-refractivity contribution in [2.24, 2.45) is 34.5 Å². The van der Waals surface area contributed by atoms with Gasteiger partial charge in [0.1, 0.15) is 5.78 Å². The van der Waals surface area contributed by atoms with E-state index >= 15 is 0 Å². The molecule has 0 saturated heterocycles. The minimum atomic E-state index is -0.517. The molecule has 4 saturated carbocycles. The van der Waals surface area contributed by atoms with E-state index in [1.165, 1.54) is 0 Å². The van der Waals surface area contributed by atoms with Crippen LogP contribution in [0.25, 0.3) is 0 Å². The van der Waals surface area contributed by atoms with Crippen molar-refractivity contribution in [1.82, 2.24) is 0 Å². The number of hydrogen-bond acceptors (Lipinski definition) is 4. The van der Waals surface area contributed by atoms with E-state index in [1.807, 2.05) is 0 Å². The van der Waals surface area contributed by atoms with E-state index in [2.05, 4.69) is 13.8 Å². The summed E-state index contributed by atoms with van der Waals surface area (Å²) in [4.78, 5) is 36.3. The van der Waals surface area contributed by atoms with Gasteiger partial charge in [-0.1, -0.05) is 13.8 Å². The highest BCUT2D eigenvalue weighted by Crippen LogP contribution is 2.64. The zero-order valence-electron chi connectivity index (χ0n) is 14.0. The smallest absolute Gasteiger partial charge is 0.198 e. The average molecular weight is 318 g/mol. The molecule has 0 aliphatic heterocycles. The second-order valence-corrected chi connectivity index (χ2v) is 8.94. The molecule has 4 aliphatic rings. The number of ketones is 3. The second-order valence-electron chi connectivity index (χ2n) is 8.94. The van der Waals surface area contributed by atoms with Crippen LogP contribution in [-0.4, -0.2) is 28.6 Å². The number of rotatable bonds is 0. The average Bonchev–Trinajstić information content (AvgIpc) is 2.78. The fraction of sp³-hybridized carbons (Fsp3) is 0.842. The van der Waals surface area contributed by atoms with E-state index in [0.717, 1.165) is 19.3 Å². The minimum Gasteiger partial charge on any atom is -0.393 e. The Kier molecular flexibility index (Phi) is 3.20. The Bertz CT molecular complexity index is 596. The highest BCUT2D eigenvalue weighted by molar-refractivity contribution is 6.38. The van der Waals surface area contributed by atoms with Crippen LogP contribution in [0.5, 0.6) is 0 Å². The number of aliphatic hydroxyl groups is 1. The standard InChI is InChI=1S/C19H26O4/c1-18-6-5-12-10(11(18)3-4-17(18)23)7-14(20)13-8-15(21)16(22)9-19(12,13)2/h10-14,20H,3-9H2,1-2H3/t10-,11-,12-,13?,14+,18-,19+/m0/s1. The highest BCUT2D eigenvalue weighted by atomic mass is 16.3. The number of carbonyl (C=O) groups is 3. The van der Waals surface area contributed by atoms with Crippen molar-refractivity contribution in [3.05, 3.63) is 0 Å². The number of carbonyl (C=O) groups excluding carboxylic acids is 3. The van der Waals surface area contributed by atoms with Crippen molar-refractivity contribution < 1.29 is 19.5 Å². The molecule has 0 spiro atoms. The summed E-state index contributed by atoms with van der Waals surface area (Å²) < 4.78 is 0. The van der Waals surface area contributed by atoms with Crippen LogP contribution < -0.4 is 0 Å². The summed E-state index contributed by atoms with van der Waals surface area (Å²) in [6.45, 7) is 4.22. The van der Waals surface area contributed by atoms with Crippen LogP contribution in [0.4, 0.5) is 0 Å². The van der Waals surface area contributed by atoms with Gasteiger partial charge >= 0.3 is 0 Å². The molecule has 0 bridgehead atoms. The molecular weight excluding hydrogens is 292 g/mol. The van der Waals surface area contributed by atoms with Crippen LogP contribution in [0.15, 0.2) is 0 Å². The van der Waals surface area contributed by atoms with E-state index in [1.54, 1.807) is 0 Å². The van der Waals surface area contributed by atoms with Crippen molar-refractivity contribution in [1.29, 1.82) is 0 Å². The molecule has 1 N–H and O–H groups in total. The molecule has 0 aromatic heterocycles. The highest BCUT2D eigenvalue weighted by Gasteiger charge is 2.63. The Labute approximate surface area is 137 Å². The third kappa shape index (κ3) is 1.90. The zero-order valence-corrected chi connectivity index (χ0v) is 14.0. The molecule has 126 valence electrons. The molecule has 4 aliphatic carbocycles. The fourth-order valence-electron chi connectivity index (χ4n) is 6.75. The van der Waals surface area contributed by atoms with Gasteiger partial charge in [-0.25, -0.2) is 0 Å². The first-order valence-electron chi connectivity index (χ1n) is 9.05. The van der Waals surface area contributed by atoms with Crippen molar-refractivity contribution in [3.8, 4) is 0 Å². The SMILES string of the molecule is C[C@]12CC(=O)C(=O)CC1[C@H](O)C[C@@H]1[C@@H]2CC[C@]2(C)C(=O)CC[C@@H]12. The van der Waals surface area contributed by atoms with Gasteiger partial charge < -0.3 is 5.11 Å². The molecule has 0 heterocycles. The Balaban J connectivity index is 1.71. The monoisotopic (exact) mass is 318 g/mol. The molecule has 0 radical (unpaired) electrons. The lowest BCUT2D eigenvalue weighted by atomic mass is 9.44. The Morgan fingerprint density at radius 3 is 2.48 bits per heavy atom. The van der Waals surface area contributed by atoms with Crippen molar-refractivity contribution >= 4 is 17.3 Å². The van der Waals surface area contributed by atoms with Crippen LogP contribution >= 0.6 is 0 Å². The molecule has 0 aromatic carbocycles. The van der Waals surface area contributed by atoms with Gasteiger partial charge in [-0.2, -0.15) is 0 Å². The number of hydrogen-bond donors (Lipinski definition) is 1. The lowest BCUT2D eigenvalue weighted by Gasteiger charge is -2.60. The molecule has 4 heteroatoms. The molecular formula is C19H26O4. The predicted octanol–water partition coefficient (Wildman–Crippen LogP) is 2.32. The summed E-state index contributed by atoms with van der Waals surface area (Å²) in [5.41, 5.74) is -0.501. The summed E-state index contributed by atoms with van der Waals surface area (Å²) in [7, 11) is 0. The summed E-state index contributed by atoms with van der Waals surface area (Å²) in [5.74, 6) is 0.755. The van der Waals surface area contributed by atoms with E-state index in [4.69, 9.17) is 0 Å². The third-order valence-corrected chi connectivity index (χ3v) is 8.08. The quantitative estimate of drug-likeness (QED) is 0.696. The first-order chi connectivity index (χ1) is 10.8.